The van der Waals surface area contributed by atoms with E-state index in [2.05, 4.69) is 59.3 Å². The van der Waals surface area contributed by atoms with Gasteiger partial charge in [0.1, 0.15) is 16.1 Å². The van der Waals surface area contributed by atoms with E-state index in [1.807, 2.05) is 13.0 Å². The van der Waals surface area contributed by atoms with E-state index >= 15 is 0 Å². The fourth-order valence-electron chi connectivity index (χ4n) is 4.96. The Morgan fingerprint density at radius 3 is 2.56 bits per heavy atom. The summed E-state index contributed by atoms with van der Waals surface area (Å²) in [5, 5.41) is 15.6. The lowest BCUT2D eigenvalue weighted by molar-refractivity contribution is 0.0301. The first-order valence-corrected chi connectivity index (χ1v) is 14.1. The molecule has 3 amide bonds. The fraction of sp³-hybridized carbons (Fsp3) is 0.345. The number of nitrogens with one attached hydrogen (secondary N) is 3. The molecule has 0 spiro atoms. The SMILES string of the molecule is C=c1c(N/C=C(\C)c2cncc(NC(=O)N3CCN(C)CC3)c2)n[nH]c1=C1N=c2cncc(C(=O)N3CCOCC3)c2=N1. The maximum absolute atomic E-state index is 13.1. The summed E-state index contributed by atoms with van der Waals surface area (Å²) in [6, 6.07) is 1.75. The van der Waals surface area contributed by atoms with Crippen molar-refractivity contribution in [2.45, 2.75) is 6.92 Å². The molecule has 0 atom stereocenters. The van der Waals surface area contributed by atoms with Crippen LogP contribution in [0.2, 0.25) is 0 Å². The second-order valence-electron chi connectivity index (χ2n) is 10.6. The Morgan fingerprint density at radius 2 is 1.77 bits per heavy atom. The van der Waals surface area contributed by atoms with Gasteiger partial charge in [0.25, 0.3) is 5.91 Å². The average molecular weight is 584 g/mol. The molecule has 2 saturated heterocycles. The van der Waals surface area contributed by atoms with Gasteiger partial charge in [-0.05, 0) is 31.2 Å². The van der Waals surface area contributed by atoms with Gasteiger partial charge in [-0.2, -0.15) is 5.10 Å². The molecule has 3 N–H and O–H groups in total. The summed E-state index contributed by atoms with van der Waals surface area (Å²) in [4.78, 5) is 49.3. The van der Waals surface area contributed by atoms with E-state index in [0.717, 1.165) is 24.2 Å². The first-order valence-electron chi connectivity index (χ1n) is 14.1. The Balaban J connectivity index is 1.19. The Bertz CT molecular complexity index is 1820. The van der Waals surface area contributed by atoms with Crippen molar-refractivity contribution in [1.82, 2.24) is 34.9 Å². The number of carbonyl (C=O) groups is 2. The summed E-state index contributed by atoms with van der Waals surface area (Å²) in [6.45, 7) is 11.2. The van der Waals surface area contributed by atoms with Gasteiger partial charge in [0.15, 0.2) is 11.6 Å². The molecule has 0 aliphatic carbocycles. The number of piperazine rings is 1. The number of allylic oxidation sites excluding steroid dienone is 1. The number of likely N-dealkylation sites (N-methyl/N-ethyl adjacent to an activating group) is 1. The molecule has 6 heterocycles. The van der Waals surface area contributed by atoms with Crippen LogP contribution in [0.3, 0.4) is 0 Å². The molecule has 0 bridgehead atoms. The third kappa shape index (κ3) is 6.01. The lowest BCUT2D eigenvalue weighted by atomic mass is 10.1. The Kier molecular flexibility index (Phi) is 7.94. The summed E-state index contributed by atoms with van der Waals surface area (Å²) < 4.78 is 5.37. The van der Waals surface area contributed by atoms with E-state index in [0.29, 0.717) is 83.6 Å². The summed E-state index contributed by atoms with van der Waals surface area (Å²) in [5.74, 6) is 0.726. The van der Waals surface area contributed by atoms with Crippen LogP contribution in [0.5, 0.6) is 0 Å². The summed E-state index contributed by atoms with van der Waals surface area (Å²) >= 11 is 0. The number of urea groups is 1. The van der Waals surface area contributed by atoms with Crippen molar-refractivity contribution in [2.75, 3.05) is 70.2 Å². The van der Waals surface area contributed by atoms with Crippen LogP contribution in [0, 0.1) is 0 Å². The molecule has 0 unspecified atom stereocenters. The van der Waals surface area contributed by atoms with Crippen LogP contribution >= 0.6 is 0 Å². The number of hydrogen-bond donors (Lipinski definition) is 3. The summed E-state index contributed by atoms with van der Waals surface area (Å²) in [7, 11) is 2.05. The van der Waals surface area contributed by atoms with Gasteiger partial charge in [0.2, 0.25) is 0 Å². The number of nitrogens with zero attached hydrogens (tertiary/aromatic N) is 8. The van der Waals surface area contributed by atoms with Crippen LogP contribution in [-0.2, 0) is 4.74 Å². The number of amides is 3. The van der Waals surface area contributed by atoms with Crippen LogP contribution < -0.4 is 31.9 Å². The van der Waals surface area contributed by atoms with Gasteiger partial charge in [-0.15, -0.1) is 0 Å². The molecule has 14 heteroatoms. The molecule has 43 heavy (non-hydrogen) atoms. The number of pyridine rings is 2. The molecule has 0 radical (unpaired) electrons. The third-order valence-electron chi connectivity index (χ3n) is 7.62. The molecular formula is C29H33N11O3. The quantitative estimate of drug-likeness (QED) is 0.358. The van der Waals surface area contributed by atoms with Crippen LogP contribution in [0.1, 0.15) is 22.8 Å². The predicted molar refractivity (Wildman–Crippen MR) is 160 cm³/mol. The molecule has 3 aromatic rings. The molecular weight excluding hydrogens is 550 g/mol. The predicted octanol–water partition coefficient (Wildman–Crippen LogP) is -0.647. The number of aromatic amines is 1. The van der Waals surface area contributed by atoms with Crippen molar-refractivity contribution < 1.29 is 14.3 Å². The minimum absolute atomic E-state index is 0.131. The fourth-order valence-corrected chi connectivity index (χ4v) is 4.96. The van der Waals surface area contributed by atoms with Gasteiger partial charge in [-0.3, -0.25) is 19.9 Å². The molecule has 0 saturated carbocycles. The van der Waals surface area contributed by atoms with Crippen LogP contribution in [-0.4, -0.2) is 106 Å². The van der Waals surface area contributed by atoms with Crippen molar-refractivity contribution in [2.24, 2.45) is 9.98 Å². The monoisotopic (exact) mass is 583 g/mol. The highest BCUT2D eigenvalue weighted by atomic mass is 16.5. The zero-order valence-corrected chi connectivity index (χ0v) is 24.1. The second kappa shape index (κ2) is 12.1. The summed E-state index contributed by atoms with van der Waals surface area (Å²) in [5.41, 5.74) is 2.73. The lowest BCUT2D eigenvalue weighted by Gasteiger charge is -2.32. The van der Waals surface area contributed by atoms with E-state index in [1.165, 1.54) is 6.20 Å². The van der Waals surface area contributed by atoms with Gasteiger partial charge in [-0.25, -0.2) is 14.8 Å². The highest BCUT2D eigenvalue weighted by Crippen LogP contribution is 2.17. The van der Waals surface area contributed by atoms with Crippen LogP contribution in [0.15, 0.2) is 47.0 Å². The van der Waals surface area contributed by atoms with Gasteiger partial charge < -0.3 is 30.1 Å². The van der Waals surface area contributed by atoms with E-state index in [9.17, 15) is 9.59 Å². The number of aromatic nitrogens is 4. The highest BCUT2D eigenvalue weighted by Gasteiger charge is 2.23. The molecule has 3 aromatic heterocycles. The molecule has 6 rings (SSSR count). The number of fused-ring (bicyclic) bond motifs is 1. The highest BCUT2D eigenvalue weighted by molar-refractivity contribution is 5.94. The number of ether oxygens (including phenoxy) is 1. The standard InChI is InChI=1S/C29H33N11O3/c1-18(20-12-21(15-30-14-20)33-29(42)40-6-4-38(3)5-7-40)13-32-26-19(2)24(36-37-26)27-34-23-17-31-16-22(25(23)35-27)28(41)39-8-10-43-11-9-39/h12-17,36H,2,4-11H2,1,3H3,(H,32,37)(H,33,42)/b18-13+,27-24?. The molecule has 0 aromatic carbocycles. The Labute approximate surface area is 247 Å². The van der Waals surface area contributed by atoms with Gasteiger partial charge in [-0.1, -0.05) is 6.58 Å². The number of anilines is 2. The van der Waals surface area contributed by atoms with Crippen LogP contribution in [0.25, 0.3) is 18.0 Å². The molecule has 14 nitrogen and oxygen atoms in total. The van der Waals surface area contributed by atoms with Gasteiger partial charge in [0.05, 0.1) is 36.9 Å². The van der Waals surface area contributed by atoms with Crippen molar-refractivity contribution >= 4 is 41.4 Å². The maximum Gasteiger partial charge on any atom is 0.321 e. The van der Waals surface area contributed by atoms with Gasteiger partial charge >= 0.3 is 6.03 Å². The normalized spacial score (nSPS) is 18.5. The minimum atomic E-state index is -0.146. The number of hydrogen-bond acceptors (Lipinski definition) is 10. The minimum Gasteiger partial charge on any atom is -0.378 e. The second-order valence-corrected chi connectivity index (χ2v) is 10.6. The lowest BCUT2D eigenvalue weighted by Crippen LogP contribution is -2.48. The molecule has 2 fully saturated rings. The molecule has 222 valence electrons. The number of morpholine rings is 1. The first-order chi connectivity index (χ1) is 20.9. The number of carbonyl (C=O) groups excluding carboxylic acids is 2. The van der Waals surface area contributed by atoms with Crippen molar-refractivity contribution in [3.05, 3.63) is 69.5 Å². The zero-order chi connectivity index (χ0) is 29.9. The smallest absolute Gasteiger partial charge is 0.321 e. The third-order valence-corrected chi connectivity index (χ3v) is 7.62. The van der Waals surface area contributed by atoms with Crippen molar-refractivity contribution in [1.29, 1.82) is 0 Å². The first kappa shape index (κ1) is 28.2. The summed E-state index contributed by atoms with van der Waals surface area (Å²) in [6.07, 6.45) is 8.27. The van der Waals surface area contributed by atoms with Crippen molar-refractivity contribution in [3.8, 4) is 0 Å². The van der Waals surface area contributed by atoms with Crippen LogP contribution in [0.4, 0.5) is 16.3 Å². The van der Waals surface area contributed by atoms with Crippen molar-refractivity contribution in [3.63, 3.8) is 0 Å². The maximum atomic E-state index is 13.1. The van der Waals surface area contributed by atoms with E-state index in [-0.39, 0.29) is 11.9 Å². The average Bonchev–Trinajstić information content (AvgIpc) is 3.63. The number of H-pyrrole nitrogens is 1. The van der Waals surface area contributed by atoms with E-state index in [1.54, 1.807) is 34.6 Å². The van der Waals surface area contributed by atoms with E-state index in [4.69, 9.17) is 4.74 Å². The largest absolute Gasteiger partial charge is 0.378 e. The molecule has 3 aliphatic heterocycles. The van der Waals surface area contributed by atoms with E-state index < -0.39 is 0 Å². The molecule has 3 aliphatic rings. The van der Waals surface area contributed by atoms with Gasteiger partial charge in [0, 0.05) is 63.1 Å². The topological polar surface area (TPSA) is 156 Å². The zero-order valence-electron chi connectivity index (χ0n) is 24.1. The Morgan fingerprint density at radius 1 is 1.00 bits per heavy atom. The Hall–Kier alpha value is -4.95. The number of rotatable bonds is 5.